The first-order valence-electron chi connectivity index (χ1n) is 6.67. The van der Waals surface area contributed by atoms with Crippen LogP contribution in [-0.4, -0.2) is 22.6 Å². The van der Waals surface area contributed by atoms with Crippen LogP contribution in [0.15, 0.2) is 29.3 Å². The molecule has 1 heterocycles. The molecule has 1 spiro atoms. The molecule has 18 heavy (non-hydrogen) atoms. The molecular formula is C15H19NOS. The van der Waals surface area contributed by atoms with E-state index in [4.69, 9.17) is 4.99 Å². The summed E-state index contributed by atoms with van der Waals surface area (Å²) in [5.74, 6) is 0.632. The van der Waals surface area contributed by atoms with Gasteiger partial charge in [-0.1, -0.05) is 25.0 Å². The van der Waals surface area contributed by atoms with Crippen LogP contribution in [-0.2, 0) is 4.79 Å². The van der Waals surface area contributed by atoms with Crippen LogP contribution in [0, 0.1) is 11.3 Å². The fraction of sp³-hybridized carbons (Fsp3) is 0.600. The monoisotopic (exact) mass is 261 g/mol. The van der Waals surface area contributed by atoms with Gasteiger partial charge in [0.25, 0.3) is 0 Å². The Kier molecular flexibility index (Phi) is 2.77. The minimum Gasteiger partial charge on any atom is -0.290 e. The summed E-state index contributed by atoms with van der Waals surface area (Å²) in [6, 6.07) is 0. The van der Waals surface area contributed by atoms with E-state index < -0.39 is 0 Å². The summed E-state index contributed by atoms with van der Waals surface area (Å²) in [6.45, 7) is 2.29. The summed E-state index contributed by atoms with van der Waals surface area (Å²) < 4.78 is 0. The number of hydrogen-bond donors (Lipinski definition) is 0. The minimum absolute atomic E-state index is 0.0751. The third-order valence-corrected chi connectivity index (χ3v) is 5.55. The van der Waals surface area contributed by atoms with E-state index in [1.165, 1.54) is 30.7 Å². The van der Waals surface area contributed by atoms with Crippen molar-refractivity contribution < 1.29 is 4.79 Å². The van der Waals surface area contributed by atoms with Crippen LogP contribution < -0.4 is 0 Å². The largest absolute Gasteiger partial charge is 0.290 e. The summed E-state index contributed by atoms with van der Waals surface area (Å²) in [4.78, 5) is 16.4. The lowest BCUT2D eigenvalue weighted by atomic mass is 9.62. The molecule has 96 valence electrons. The molecule has 3 aliphatic rings. The fourth-order valence-corrected chi connectivity index (χ4v) is 4.76. The van der Waals surface area contributed by atoms with E-state index >= 15 is 0 Å². The SMILES string of the molecule is CSC1=N[C@@]2(C)CCCC[C@@H]2C12C=CC(=O)C=C2. The Morgan fingerprint density at radius 3 is 2.72 bits per heavy atom. The van der Waals surface area contributed by atoms with Crippen LogP contribution in [0.2, 0.25) is 0 Å². The van der Waals surface area contributed by atoms with Crippen LogP contribution in [0.5, 0.6) is 0 Å². The normalized spacial score (nSPS) is 36.9. The van der Waals surface area contributed by atoms with Crippen molar-refractivity contribution in [1.29, 1.82) is 0 Å². The Bertz CT molecular complexity index is 461. The number of ketones is 1. The highest BCUT2D eigenvalue weighted by atomic mass is 32.2. The quantitative estimate of drug-likeness (QED) is 0.669. The van der Waals surface area contributed by atoms with Gasteiger partial charge < -0.3 is 0 Å². The Balaban J connectivity index is 2.08. The maximum atomic E-state index is 11.4. The smallest absolute Gasteiger partial charge is 0.178 e. The van der Waals surface area contributed by atoms with E-state index in [0.29, 0.717) is 5.92 Å². The number of nitrogens with zero attached hydrogens (tertiary/aromatic N) is 1. The van der Waals surface area contributed by atoms with Gasteiger partial charge in [-0.25, -0.2) is 0 Å². The molecule has 3 heteroatoms. The van der Waals surface area contributed by atoms with Crippen molar-refractivity contribution in [1.82, 2.24) is 0 Å². The molecule has 2 aliphatic carbocycles. The lowest BCUT2D eigenvalue weighted by Gasteiger charge is -2.41. The van der Waals surface area contributed by atoms with Gasteiger partial charge in [-0.3, -0.25) is 9.79 Å². The molecule has 0 radical (unpaired) electrons. The van der Waals surface area contributed by atoms with Crippen LogP contribution in [0.1, 0.15) is 32.6 Å². The standard InChI is InChI=1S/C15H19NOS/c1-14-8-4-3-5-12(14)15(13(16-14)18-2)9-6-11(17)7-10-15/h6-7,9-10,12H,3-5,8H2,1-2H3/t12-,14-/m0/s1. The second kappa shape index (κ2) is 4.09. The van der Waals surface area contributed by atoms with Crippen LogP contribution >= 0.6 is 11.8 Å². The molecule has 0 aromatic carbocycles. The lowest BCUT2D eigenvalue weighted by molar-refractivity contribution is -0.110. The molecule has 1 aliphatic heterocycles. The summed E-state index contributed by atoms with van der Waals surface area (Å²) in [7, 11) is 0. The summed E-state index contributed by atoms with van der Waals surface area (Å²) >= 11 is 1.74. The fourth-order valence-electron chi connectivity index (χ4n) is 3.83. The van der Waals surface area contributed by atoms with E-state index in [2.05, 4.69) is 25.3 Å². The molecule has 0 saturated heterocycles. The third kappa shape index (κ3) is 1.56. The third-order valence-electron chi connectivity index (χ3n) is 4.72. The zero-order chi connectivity index (χ0) is 12.8. The van der Waals surface area contributed by atoms with E-state index in [9.17, 15) is 4.79 Å². The zero-order valence-corrected chi connectivity index (χ0v) is 11.8. The van der Waals surface area contributed by atoms with Crippen molar-refractivity contribution in [2.75, 3.05) is 6.26 Å². The number of hydrogen-bond acceptors (Lipinski definition) is 3. The van der Waals surface area contributed by atoms with Crippen LogP contribution in [0.25, 0.3) is 0 Å². The predicted octanol–water partition coefficient (Wildman–Crippen LogP) is 3.39. The summed E-state index contributed by atoms with van der Waals surface area (Å²) in [5, 5.41) is 1.19. The van der Waals surface area contributed by atoms with E-state index in [-0.39, 0.29) is 16.7 Å². The molecule has 0 amide bonds. The molecule has 1 saturated carbocycles. The second-order valence-electron chi connectivity index (χ2n) is 5.78. The highest BCUT2D eigenvalue weighted by molar-refractivity contribution is 8.13. The number of carbonyl (C=O) groups excluding carboxylic acids is 1. The van der Waals surface area contributed by atoms with E-state index in [0.717, 1.165) is 0 Å². The average molecular weight is 261 g/mol. The number of fused-ring (bicyclic) bond motifs is 2. The Labute approximate surface area is 113 Å². The van der Waals surface area contributed by atoms with Crippen molar-refractivity contribution in [3.8, 4) is 0 Å². The summed E-state index contributed by atoms with van der Waals surface area (Å²) in [5.41, 5.74) is -0.0197. The highest BCUT2D eigenvalue weighted by Crippen LogP contribution is 2.56. The van der Waals surface area contributed by atoms with E-state index in [1.54, 1.807) is 23.9 Å². The number of aliphatic imine (C=N–C) groups is 1. The molecule has 2 nitrogen and oxygen atoms in total. The maximum absolute atomic E-state index is 11.4. The molecule has 1 fully saturated rings. The first kappa shape index (κ1) is 12.2. The Hall–Kier alpha value is -0.830. The molecule has 2 atom stereocenters. The van der Waals surface area contributed by atoms with Gasteiger partial charge >= 0.3 is 0 Å². The Morgan fingerprint density at radius 2 is 2.06 bits per heavy atom. The predicted molar refractivity (Wildman–Crippen MR) is 77.0 cm³/mol. The van der Waals surface area contributed by atoms with Gasteiger partial charge in [0, 0.05) is 5.92 Å². The molecule has 0 aromatic rings. The molecule has 3 rings (SSSR count). The molecule has 0 N–H and O–H groups in total. The van der Waals surface area contributed by atoms with Crippen LogP contribution in [0.4, 0.5) is 0 Å². The number of carbonyl (C=O) groups is 1. The van der Waals surface area contributed by atoms with Crippen molar-refractivity contribution in [3.05, 3.63) is 24.3 Å². The van der Waals surface area contributed by atoms with Crippen molar-refractivity contribution in [2.24, 2.45) is 16.3 Å². The van der Waals surface area contributed by atoms with Gasteiger partial charge in [0.1, 0.15) is 0 Å². The van der Waals surface area contributed by atoms with Gasteiger partial charge in [0.15, 0.2) is 5.78 Å². The second-order valence-corrected chi connectivity index (χ2v) is 6.57. The van der Waals surface area contributed by atoms with Gasteiger partial charge in [0.2, 0.25) is 0 Å². The van der Waals surface area contributed by atoms with Crippen molar-refractivity contribution in [2.45, 2.75) is 38.1 Å². The van der Waals surface area contributed by atoms with Gasteiger partial charge in [-0.2, -0.15) is 0 Å². The number of thioether (sulfide) groups is 1. The molecule has 0 unspecified atom stereocenters. The van der Waals surface area contributed by atoms with Crippen molar-refractivity contribution >= 4 is 22.6 Å². The topological polar surface area (TPSA) is 29.4 Å². The maximum Gasteiger partial charge on any atom is 0.178 e. The van der Waals surface area contributed by atoms with Crippen LogP contribution in [0.3, 0.4) is 0 Å². The molecular weight excluding hydrogens is 242 g/mol. The van der Waals surface area contributed by atoms with Gasteiger partial charge in [-0.15, -0.1) is 11.8 Å². The molecule has 0 aromatic heterocycles. The highest BCUT2D eigenvalue weighted by Gasteiger charge is 2.55. The van der Waals surface area contributed by atoms with Gasteiger partial charge in [0.05, 0.1) is 16.0 Å². The van der Waals surface area contributed by atoms with E-state index in [1.807, 2.05) is 0 Å². The number of allylic oxidation sites excluding steroid dienone is 4. The minimum atomic E-state index is -0.0947. The van der Waals surface area contributed by atoms with Gasteiger partial charge in [-0.05, 0) is 38.2 Å². The first-order chi connectivity index (χ1) is 8.61. The zero-order valence-electron chi connectivity index (χ0n) is 11.0. The Morgan fingerprint density at radius 1 is 1.33 bits per heavy atom. The average Bonchev–Trinajstić information content (AvgIpc) is 2.62. The lowest BCUT2D eigenvalue weighted by Crippen LogP contribution is -2.42. The first-order valence-corrected chi connectivity index (χ1v) is 7.90. The number of rotatable bonds is 0. The molecule has 0 bridgehead atoms. The van der Waals surface area contributed by atoms with Crippen molar-refractivity contribution in [3.63, 3.8) is 0 Å². The summed E-state index contributed by atoms with van der Waals surface area (Å²) in [6.07, 6.45) is 14.7.